The van der Waals surface area contributed by atoms with Crippen LogP contribution in [-0.4, -0.2) is 18.8 Å². The van der Waals surface area contributed by atoms with Gasteiger partial charge >= 0.3 is 5.97 Å². The Kier molecular flexibility index (Phi) is 5.13. The first-order chi connectivity index (χ1) is 13.7. The van der Waals surface area contributed by atoms with Crippen LogP contribution in [0.25, 0.3) is 0 Å². The van der Waals surface area contributed by atoms with E-state index in [0.717, 1.165) is 23.1 Å². The normalized spacial score (nSPS) is 16.3. The highest BCUT2D eigenvalue weighted by atomic mass is 35.5. The molecule has 0 amide bonds. The average Bonchev–Trinajstić information content (AvgIpc) is 3.07. The zero-order chi connectivity index (χ0) is 19.5. The molecule has 0 bridgehead atoms. The molecule has 28 heavy (non-hydrogen) atoms. The minimum absolute atomic E-state index is 0.381. The van der Waals surface area contributed by atoms with Crippen LogP contribution in [0.2, 0.25) is 5.02 Å². The lowest BCUT2D eigenvalue weighted by Crippen LogP contribution is -2.29. The number of aldehydes is 1. The number of carbonyl (C=O) groups is 2. The summed E-state index contributed by atoms with van der Waals surface area (Å²) in [6, 6.07) is 23.4. The van der Waals surface area contributed by atoms with E-state index in [1.54, 1.807) is 36.4 Å². The van der Waals surface area contributed by atoms with Gasteiger partial charge in [-0.05, 0) is 35.9 Å². The molecule has 140 valence electrons. The summed E-state index contributed by atoms with van der Waals surface area (Å²) < 4.78 is 5.78. The van der Waals surface area contributed by atoms with Gasteiger partial charge in [-0.15, -0.1) is 0 Å². The van der Waals surface area contributed by atoms with Gasteiger partial charge in [0.2, 0.25) is 0 Å². The van der Waals surface area contributed by atoms with Gasteiger partial charge < -0.3 is 14.4 Å². The number of fused-ring (bicyclic) bond motifs is 1. The molecular weight excluding hydrogens is 374 g/mol. The minimum Gasteiger partial charge on any atom is -0.452 e. The lowest BCUT2D eigenvalue weighted by molar-refractivity contribution is -0.109. The van der Waals surface area contributed by atoms with E-state index in [0.29, 0.717) is 17.1 Å². The van der Waals surface area contributed by atoms with Gasteiger partial charge in [-0.2, -0.15) is 0 Å². The Morgan fingerprint density at radius 2 is 1.71 bits per heavy atom. The van der Waals surface area contributed by atoms with E-state index in [4.69, 9.17) is 16.3 Å². The lowest BCUT2D eigenvalue weighted by atomic mass is 10.1. The van der Waals surface area contributed by atoms with Crippen molar-refractivity contribution in [2.75, 3.05) is 11.4 Å². The molecule has 1 aliphatic rings. The molecule has 1 heterocycles. The first kappa shape index (κ1) is 18.3. The number of nitrogens with zero attached hydrogens (tertiary/aromatic N) is 1. The van der Waals surface area contributed by atoms with Crippen molar-refractivity contribution in [1.29, 1.82) is 0 Å². The van der Waals surface area contributed by atoms with Crippen LogP contribution in [0.1, 0.15) is 33.6 Å². The van der Waals surface area contributed by atoms with Crippen molar-refractivity contribution in [3.05, 3.63) is 101 Å². The molecule has 3 aromatic carbocycles. The standard InChI is InChI=1S/C23H18ClNO3/c24-18-11-12-20-19(13-18)22(28-23(27)17-9-5-2-6-10-17)14-25(20)21(15-26)16-7-3-1-4-8-16/h1-13,15,21-22H,14H2. The predicted molar refractivity (Wildman–Crippen MR) is 109 cm³/mol. The highest BCUT2D eigenvalue weighted by Gasteiger charge is 2.36. The van der Waals surface area contributed by atoms with Crippen LogP contribution < -0.4 is 4.90 Å². The van der Waals surface area contributed by atoms with E-state index in [9.17, 15) is 9.59 Å². The van der Waals surface area contributed by atoms with Crippen LogP contribution in [0.15, 0.2) is 78.9 Å². The van der Waals surface area contributed by atoms with Gasteiger partial charge in [0.05, 0.1) is 12.1 Å². The van der Waals surface area contributed by atoms with Crippen LogP contribution in [0.3, 0.4) is 0 Å². The number of anilines is 1. The highest BCUT2D eigenvalue weighted by molar-refractivity contribution is 6.30. The molecule has 0 N–H and O–H groups in total. The summed E-state index contributed by atoms with van der Waals surface area (Å²) in [6.45, 7) is 0.381. The van der Waals surface area contributed by atoms with Gasteiger partial charge in [0, 0.05) is 16.3 Å². The van der Waals surface area contributed by atoms with Crippen LogP contribution in [-0.2, 0) is 9.53 Å². The number of halogens is 1. The number of carbonyl (C=O) groups excluding carboxylic acids is 2. The average molecular weight is 392 g/mol. The van der Waals surface area contributed by atoms with Crippen molar-refractivity contribution in [1.82, 2.24) is 0 Å². The van der Waals surface area contributed by atoms with E-state index in [2.05, 4.69) is 0 Å². The number of esters is 1. The van der Waals surface area contributed by atoms with Crippen molar-refractivity contribution >= 4 is 29.5 Å². The van der Waals surface area contributed by atoms with E-state index in [-0.39, 0.29) is 0 Å². The van der Waals surface area contributed by atoms with Gasteiger partial charge in [-0.1, -0.05) is 60.1 Å². The summed E-state index contributed by atoms with van der Waals surface area (Å²) >= 11 is 6.19. The molecule has 3 aromatic rings. The van der Waals surface area contributed by atoms with Gasteiger partial charge in [0.15, 0.2) is 0 Å². The second kappa shape index (κ2) is 7.87. The van der Waals surface area contributed by atoms with Gasteiger partial charge in [-0.3, -0.25) is 0 Å². The molecule has 0 aliphatic carbocycles. The zero-order valence-electron chi connectivity index (χ0n) is 15.0. The fourth-order valence-electron chi connectivity index (χ4n) is 3.54. The Balaban J connectivity index is 1.66. The lowest BCUT2D eigenvalue weighted by Gasteiger charge is -2.26. The van der Waals surface area contributed by atoms with Crippen molar-refractivity contribution < 1.29 is 14.3 Å². The molecule has 0 saturated heterocycles. The van der Waals surface area contributed by atoms with Crippen molar-refractivity contribution in [3.63, 3.8) is 0 Å². The molecule has 2 unspecified atom stereocenters. The smallest absolute Gasteiger partial charge is 0.338 e. The van der Waals surface area contributed by atoms with Crippen molar-refractivity contribution in [3.8, 4) is 0 Å². The molecule has 0 radical (unpaired) electrons. The van der Waals surface area contributed by atoms with Gasteiger partial charge in [0.25, 0.3) is 0 Å². The molecule has 1 aliphatic heterocycles. The number of hydrogen-bond donors (Lipinski definition) is 0. The number of hydrogen-bond acceptors (Lipinski definition) is 4. The molecule has 5 heteroatoms. The molecule has 4 rings (SSSR count). The molecular formula is C23H18ClNO3. The second-order valence-electron chi connectivity index (χ2n) is 6.61. The summed E-state index contributed by atoms with van der Waals surface area (Å²) in [5.41, 5.74) is 3.02. The highest BCUT2D eigenvalue weighted by Crippen LogP contribution is 2.42. The second-order valence-corrected chi connectivity index (χ2v) is 7.04. The predicted octanol–water partition coefficient (Wildman–Crippen LogP) is 5.00. The topological polar surface area (TPSA) is 46.6 Å². The Labute approximate surface area is 168 Å². The molecule has 0 aromatic heterocycles. The molecule has 0 spiro atoms. The third-order valence-corrected chi connectivity index (χ3v) is 5.11. The third-order valence-electron chi connectivity index (χ3n) is 4.87. The minimum atomic E-state index is -0.507. The Morgan fingerprint density at radius 3 is 2.39 bits per heavy atom. The maximum atomic E-state index is 12.6. The third kappa shape index (κ3) is 3.51. The van der Waals surface area contributed by atoms with Crippen molar-refractivity contribution in [2.45, 2.75) is 12.1 Å². The van der Waals surface area contributed by atoms with E-state index < -0.39 is 18.1 Å². The summed E-state index contributed by atoms with van der Waals surface area (Å²) in [4.78, 5) is 26.5. The summed E-state index contributed by atoms with van der Waals surface area (Å²) in [5, 5.41) is 0.559. The SMILES string of the molecule is O=CC(c1ccccc1)N1CC(OC(=O)c2ccccc2)c2cc(Cl)ccc21. The Hall–Kier alpha value is -3.11. The van der Waals surface area contributed by atoms with Crippen molar-refractivity contribution in [2.24, 2.45) is 0 Å². The fraction of sp³-hybridized carbons (Fsp3) is 0.130. The zero-order valence-corrected chi connectivity index (χ0v) is 15.8. The first-order valence-electron chi connectivity index (χ1n) is 9.00. The first-order valence-corrected chi connectivity index (χ1v) is 9.37. The maximum Gasteiger partial charge on any atom is 0.338 e. The largest absolute Gasteiger partial charge is 0.452 e. The number of rotatable bonds is 5. The summed E-state index contributed by atoms with van der Waals surface area (Å²) in [7, 11) is 0. The van der Waals surface area contributed by atoms with E-state index in [1.165, 1.54) is 0 Å². The Bertz CT molecular complexity index is 991. The molecule has 0 saturated carbocycles. The van der Waals surface area contributed by atoms with Crippen LogP contribution in [0, 0.1) is 0 Å². The quantitative estimate of drug-likeness (QED) is 0.453. The van der Waals surface area contributed by atoms with Gasteiger partial charge in [0.1, 0.15) is 18.4 Å². The van der Waals surface area contributed by atoms with E-state index >= 15 is 0 Å². The maximum absolute atomic E-state index is 12.6. The number of ether oxygens (including phenoxy) is 1. The summed E-state index contributed by atoms with van der Waals surface area (Å²) in [5.74, 6) is -0.402. The van der Waals surface area contributed by atoms with Crippen LogP contribution in [0.4, 0.5) is 5.69 Å². The number of benzene rings is 3. The van der Waals surface area contributed by atoms with E-state index in [1.807, 2.05) is 47.4 Å². The fourth-order valence-corrected chi connectivity index (χ4v) is 3.72. The van der Waals surface area contributed by atoms with Crippen LogP contribution in [0.5, 0.6) is 0 Å². The van der Waals surface area contributed by atoms with Gasteiger partial charge in [-0.25, -0.2) is 4.79 Å². The molecule has 4 nitrogen and oxygen atoms in total. The molecule has 2 atom stereocenters. The summed E-state index contributed by atoms with van der Waals surface area (Å²) in [6.07, 6.45) is 0.405. The Morgan fingerprint density at radius 1 is 1.04 bits per heavy atom. The monoisotopic (exact) mass is 391 g/mol. The van der Waals surface area contributed by atoms with Crippen LogP contribution >= 0.6 is 11.6 Å². The molecule has 0 fully saturated rings.